The van der Waals surface area contributed by atoms with Gasteiger partial charge in [-0.15, -0.1) is 0 Å². The zero-order chi connectivity index (χ0) is 14.8. The molecule has 0 aliphatic heterocycles. The summed E-state index contributed by atoms with van der Waals surface area (Å²) in [6, 6.07) is 1.54. The highest BCUT2D eigenvalue weighted by atomic mass is 35.5. The van der Waals surface area contributed by atoms with Crippen LogP contribution in [-0.2, 0) is 10.0 Å². The van der Waals surface area contributed by atoms with Crippen LogP contribution in [0.3, 0.4) is 0 Å². The SMILES string of the molecule is CC[C@H](NS(=O)(=O)c1cccc(Cl)c1Cl)C(F)(F)F. The Morgan fingerprint density at radius 1 is 1.32 bits per heavy atom. The third-order valence-corrected chi connectivity index (χ3v) is 4.75. The van der Waals surface area contributed by atoms with E-state index in [9.17, 15) is 21.6 Å². The smallest absolute Gasteiger partial charge is 0.207 e. The summed E-state index contributed by atoms with van der Waals surface area (Å²) in [5.41, 5.74) is 0. The van der Waals surface area contributed by atoms with Crippen molar-refractivity contribution in [1.82, 2.24) is 4.72 Å². The van der Waals surface area contributed by atoms with E-state index in [-0.39, 0.29) is 10.0 Å². The van der Waals surface area contributed by atoms with Gasteiger partial charge in [-0.2, -0.15) is 17.9 Å². The lowest BCUT2D eigenvalue weighted by molar-refractivity contribution is -0.151. The van der Waals surface area contributed by atoms with Crippen molar-refractivity contribution in [2.75, 3.05) is 0 Å². The van der Waals surface area contributed by atoms with Crippen molar-refractivity contribution in [2.45, 2.75) is 30.5 Å². The second-order valence-corrected chi connectivity index (χ2v) is 6.14. The molecule has 1 atom stereocenters. The maximum atomic E-state index is 12.6. The first-order valence-corrected chi connectivity index (χ1v) is 7.36. The number of sulfonamides is 1. The second-order valence-electron chi connectivity index (χ2n) is 3.68. The molecule has 9 heteroatoms. The number of hydrogen-bond donors (Lipinski definition) is 1. The first-order chi connectivity index (χ1) is 8.59. The van der Waals surface area contributed by atoms with Crippen LogP contribution in [0.2, 0.25) is 10.0 Å². The van der Waals surface area contributed by atoms with E-state index in [0.717, 1.165) is 6.07 Å². The molecule has 0 amide bonds. The molecular formula is C10H10Cl2F3NO2S. The lowest BCUT2D eigenvalue weighted by atomic mass is 10.2. The molecule has 0 aliphatic rings. The van der Waals surface area contributed by atoms with E-state index in [2.05, 4.69) is 0 Å². The summed E-state index contributed by atoms with van der Waals surface area (Å²) >= 11 is 11.3. The van der Waals surface area contributed by atoms with Crippen molar-refractivity contribution in [3.8, 4) is 0 Å². The molecule has 3 nitrogen and oxygen atoms in total. The van der Waals surface area contributed by atoms with Gasteiger partial charge in [0.25, 0.3) is 0 Å². The average Bonchev–Trinajstić information content (AvgIpc) is 2.28. The van der Waals surface area contributed by atoms with Gasteiger partial charge in [0.2, 0.25) is 10.0 Å². The van der Waals surface area contributed by atoms with Crippen LogP contribution in [-0.4, -0.2) is 20.6 Å². The van der Waals surface area contributed by atoms with Crippen LogP contribution in [0.15, 0.2) is 23.1 Å². The van der Waals surface area contributed by atoms with Crippen LogP contribution in [0.1, 0.15) is 13.3 Å². The molecular weight excluding hydrogens is 326 g/mol. The third kappa shape index (κ3) is 3.98. The van der Waals surface area contributed by atoms with Crippen LogP contribution in [0, 0.1) is 0 Å². The Hall–Kier alpha value is -0.500. The largest absolute Gasteiger partial charge is 0.404 e. The number of benzene rings is 1. The fourth-order valence-corrected chi connectivity index (χ4v) is 3.39. The summed E-state index contributed by atoms with van der Waals surface area (Å²) in [6.45, 7) is 1.22. The zero-order valence-corrected chi connectivity index (χ0v) is 12.0. The predicted molar refractivity (Wildman–Crippen MR) is 66.9 cm³/mol. The molecule has 0 aromatic heterocycles. The molecule has 1 aromatic carbocycles. The molecule has 0 fully saturated rings. The van der Waals surface area contributed by atoms with Crippen molar-refractivity contribution >= 4 is 33.2 Å². The van der Waals surface area contributed by atoms with Gasteiger partial charge in [0, 0.05) is 0 Å². The topological polar surface area (TPSA) is 46.2 Å². The maximum absolute atomic E-state index is 12.6. The Kier molecular flexibility index (Phi) is 5.11. The van der Waals surface area contributed by atoms with Gasteiger partial charge in [-0.3, -0.25) is 0 Å². The van der Waals surface area contributed by atoms with Gasteiger partial charge in [-0.1, -0.05) is 36.2 Å². The molecule has 1 rings (SSSR count). The van der Waals surface area contributed by atoms with Gasteiger partial charge in [-0.05, 0) is 18.6 Å². The first-order valence-electron chi connectivity index (χ1n) is 5.12. The van der Waals surface area contributed by atoms with Crippen LogP contribution >= 0.6 is 23.2 Å². The third-order valence-electron chi connectivity index (χ3n) is 2.31. The van der Waals surface area contributed by atoms with E-state index in [4.69, 9.17) is 23.2 Å². The Balaban J connectivity index is 3.15. The monoisotopic (exact) mass is 335 g/mol. The molecule has 0 saturated heterocycles. The molecule has 1 N–H and O–H groups in total. The van der Waals surface area contributed by atoms with Crippen molar-refractivity contribution < 1.29 is 21.6 Å². The summed E-state index contributed by atoms with van der Waals surface area (Å²) in [7, 11) is -4.39. The fraction of sp³-hybridized carbons (Fsp3) is 0.400. The number of nitrogens with one attached hydrogen (secondary N) is 1. The average molecular weight is 336 g/mol. The molecule has 0 aliphatic carbocycles. The highest BCUT2D eigenvalue weighted by Crippen LogP contribution is 2.30. The Bertz CT molecular complexity index is 560. The van der Waals surface area contributed by atoms with Gasteiger partial charge in [-0.25, -0.2) is 8.42 Å². The Morgan fingerprint density at radius 2 is 1.89 bits per heavy atom. The van der Waals surface area contributed by atoms with Gasteiger partial charge >= 0.3 is 6.18 Å². The minimum atomic E-state index is -4.67. The summed E-state index contributed by atoms with van der Waals surface area (Å²) in [4.78, 5) is -0.482. The number of rotatable bonds is 4. The lowest BCUT2D eigenvalue weighted by Crippen LogP contribution is -2.44. The molecule has 0 spiro atoms. The molecule has 19 heavy (non-hydrogen) atoms. The Labute approximate surface area is 118 Å². The van der Waals surface area contributed by atoms with Gasteiger partial charge in [0.05, 0.1) is 10.0 Å². The molecule has 0 radical (unpaired) electrons. The second kappa shape index (κ2) is 5.87. The van der Waals surface area contributed by atoms with E-state index in [0.29, 0.717) is 0 Å². The minimum Gasteiger partial charge on any atom is -0.207 e. The molecule has 0 saturated carbocycles. The molecule has 1 aromatic rings. The predicted octanol–water partition coefficient (Wildman–Crippen LogP) is 3.61. The summed E-state index contributed by atoms with van der Waals surface area (Å²) in [6.07, 6.45) is -5.10. The van der Waals surface area contributed by atoms with Crippen molar-refractivity contribution in [2.24, 2.45) is 0 Å². The summed E-state index contributed by atoms with van der Waals surface area (Å²) in [5, 5.41) is -0.363. The van der Waals surface area contributed by atoms with Crippen LogP contribution in [0.25, 0.3) is 0 Å². The Morgan fingerprint density at radius 3 is 2.37 bits per heavy atom. The molecule has 0 heterocycles. The van der Waals surface area contributed by atoms with Crippen LogP contribution < -0.4 is 4.72 Å². The van der Waals surface area contributed by atoms with Crippen LogP contribution in [0.5, 0.6) is 0 Å². The summed E-state index contributed by atoms with van der Waals surface area (Å²) in [5.74, 6) is 0. The fourth-order valence-electron chi connectivity index (χ4n) is 1.32. The zero-order valence-electron chi connectivity index (χ0n) is 9.63. The van der Waals surface area contributed by atoms with Gasteiger partial charge in [0.1, 0.15) is 10.9 Å². The van der Waals surface area contributed by atoms with Gasteiger partial charge in [0.15, 0.2) is 0 Å². The quantitative estimate of drug-likeness (QED) is 0.913. The molecule has 0 unspecified atom stereocenters. The number of alkyl halides is 3. The minimum absolute atomic E-state index is 0.0513. The van der Waals surface area contributed by atoms with E-state index < -0.39 is 33.6 Å². The van der Waals surface area contributed by atoms with Crippen molar-refractivity contribution in [1.29, 1.82) is 0 Å². The number of hydrogen-bond acceptors (Lipinski definition) is 2. The standard InChI is InChI=1S/C10H10Cl2F3NO2S/c1-2-8(10(13,14)15)16-19(17,18)7-5-3-4-6(11)9(7)12/h3-5,8,16H,2H2,1H3/t8-/m0/s1. The molecule has 0 bridgehead atoms. The van der Waals surface area contributed by atoms with Crippen LogP contribution in [0.4, 0.5) is 13.2 Å². The van der Waals surface area contributed by atoms with E-state index in [1.54, 1.807) is 4.72 Å². The number of halogens is 5. The molecule has 108 valence electrons. The van der Waals surface area contributed by atoms with Crippen molar-refractivity contribution in [3.63, 3.8) is 0 Å². The maximum Gasteiger partial charge on any atom is 0.404 e. The van der Waals surface area contributed by atoms with E-state index >= 15 is 0 Å². The summed E-state index contributed by atoms with van der Waals surface area (Å²) < 4.78 is 63.0. The van der Waals surface area contributed by atoms with E-state index in [1.165, 1.54) is 19.1 Å². The highest BCUT2D eigenvalue weighted by molar-refractivity contribution is 7.89. The van der Waals surface area contributed by atoms with E-state index in [1.807, 2.05) is 0 Å². The highest BCUT2D eigenvalue weighted by Gasteiger charge is 2.41. The van der Waals surface area contributed by atoms with Gasteiger partial charge < -0.3 is 0 Å². The van der Waals surface area contributed by atoms with Crippen molar-refractivity contribution in [3.05, 3.63) is 28.2 Å². The lowest BCUT2D eigenvalue weighted by Gasteiger charge is -2.20. The first kappa shape index (κ1) is 16.6. The normalized spacial score (nSPS) is 14.4.